The summed E-state index contributed by atoms with van der Waals surface area (Å²) in [6.07, 6.45) is 1.60. The average molecular weight is 302 g/mol. The van der Waals surface area contributed by atoms with Gasteiger partial charge in [-0.2, -0.15) is 0 Å². The lowest BCUT2D eigenvalue weighted by atomic mass is 10.1. The predicted molar refractivity (Wildman–Crippen MR) is 77.2 cm³/mol. The van der Waals surface area contributed by atoms with Crippen molar-refractivity contribution in [2.24, 2.45) is 0 Å². The third-order valence-corrected chi connectivity index (χ3v) is 3.20. The highest BCUT2D eigenvalue weighted by molar-refractivity contribution is 5.91. The number of carbonyl (C=O) groups is 1. The number of hydrogen-bond donors (Lipinski definition) is 3. The fourth-order valence-electron chi connectivity index (χ4n) is 2.20. The molecular weight excluding hydrogens is 291 g/mol. The van der Waals surface area contributed by atoms with Gasteiger partial charge < -0.3 is 20.6 Å². The van der Waals surface area contributed by atoms with E-state index >= 15 is 0 Å². The zero-order chi connectivity index (χ0) is 15.9. The molecule has 0 fully saturated rings. The van der Waals surface area contributed by atoms with E-state index in [4.69, 9.17) is 10.5 Å². The van der Waals surface area contributed by atoms with E-state index in [1.165, 1.54) is 13.2 Å². The molecule has 2 heterocycles. The van der Waals surface area contributed by atoms with E-state index in [1.54, 1.807) is 18.3 Å². The van der Waals surface area contributed by atoms with Gasteiger partial charge in [0, 0.05) is 11.6 Å². The lowest BCUT2D eigenvalue weighted by Gasteiger charge is -2.10. The van der Waals surface area contributed by atoms with Crippen molar-refractivity contribution in [3.8, 4) is 17.1 Å². The molecule has 4 N–H and O–H groups in total. The molecule has 112 valence electrons. The van der Waals surface area contributed by atoms with Crippen molar-refractivity contribution in [1.29, 1.82) is 0 Å². The van der Waals surface area contributed by atoms with Gasteiger partial charge in [-0.05, 0) is 12.1 Å². The minimum Gasteiger partial charge on any atom is -0.491 e. The van der Waals surface area contributed by atoms with Gasteiger partial charge in [-0.25, -0.2) is 19.2 Å². The first-order chi connectivity index (χ1) is 10.5. The molecule has 0 aliphatic carbocycles. The zero-order valence-corrected chi connectivity index (χ0v) is 11.4. The Kier molecular flexibility index (Phi) is 3.13. The number of aromatic amines is 1. The number of anilines is 1. The molecule has 0 unspecified atom stereocenters. The Morgan fingerprint density at radius 3 is 2.82 bits per heavy atom. The predicted octanol–water partition coefficient (Wildman–Crippen LogP) is 2.05. The van der Waals surface area contributed by atoms with E-state index in [0.29, 0.717) is 5.39 Å². The standard InChI is InChI=1S/C14H11FN4O3/c1-22-11-10(14(20)21)18-13(19-12(11)16)7-3-2-6-4-5-17-9(6)8(7)15/h2-5,17H,1H3,(H,20,21)(H2,16,18,19). The van der Waals surface area contributed by atoms with E-state index < -0.39 is 17.5 Å². The second-order valence-corrected chi connectivity index (χ2v) is 4.49. The SMILES string of the molecule is COc1c(N)nc(-c2ccc3cc[nH]c3c2F)nc1C(=O)O. The number of hydrogen-bond acceptors (Lipinski definition) is 5. The fourth-order valence-corrected chi connectivity index (χ4v) is 2.20. The molecule has 0 saturated heterocycles. The quantitative estimate of drug-likeness (QED) is 0.682. The molecule has 7 nitrogen and oxygen atoms in total. The van der Waals surface area contributed by atoms with Gasteiger partial charge in [0.25, 0.3) is 0 Å². The number of carboxylic acid groups (broad SMARTS) is 1. The van der Waals surface area contributed by atoms with Gasteiger partial charge in [0.05, 0.1) is 18.2 Å². The molecule has 0 saturated carbocycles. The molecule has 3 rings (SSSR count). The number of halogens is 1. The molecule has 0 amide bonds. The highest BCUT2D eigenvalue weighted by Crippen LogP contribution is 2.30. The van der Waals surface area contributed by atoms with Crippen LogP contribution >= 0.6 is 0 Å². The number of H-pyrrole nitrogens is 1. The number of ether oxygens (including phenoxy) is 1. The molecule has 0 spiro atoms. The molecule has 3 aromatic rings. The highest BCUT2D eigenvalue weighted by atomic mass is 19.1. The van der Waals surface area contributed by atoms with Crippen LogP contribution in [0, 0.1) is 5.82 Å². The largest absolute Gasteiger partial charge is 0.491 e. The molecular formula is C14H11FN4O3. The second-order valence-electron chi connectivity index (χ2n) is 4.49. The van der Waals surface area contributed by atoms with Crippen molar-refractivity contribution in [2.75, 3.05) is 12.8 Å². The van der Waals surface area contributed by atoms with Gasteiger partial charge >= 0.3 is 5.97 Å². The summed E-state index contributed by atoms with van der Waals surface area (Å²) in [6.45, 7) is 0. The molecule has 1 aromatic carbocycles. The number of nitrogens with zero attached hydrogens (tertiary/aromatic N) is 2. The fraction of sp³-hybridized carbons (Fsp3) is 0.0714. The maximum Gasteiger partial charge on any atom is 0.358 e. The second kappa shape index (κ2) is 4.99. The number of rotatable bonds is 3. The summed E-state index contributed by atoms with van der Waals surface area (Å²) < 4.78 is 19.4. The normalized spacial score (nSPS) is 10.8. The van der Waals surface area contributed by atoms with Crippen LogP contribution in [0.2, 0.25) is 0 Å². The number of aromatic nitrogens is 3. The lowest BCUT2D eigenvalue weighted by Crippen LogP contribution is -2.10. The van der Waals surface area contributed by atoms with Gasteiger partial charge in [0.15, 0.2) is 28.9 Å². The number of fused-ring (bicyclic) bond motifs is 1. The van der Waals surface area contributed by atoms with Crippen LogP contribution in [0.15, 0.2) is 24.4 Å². The summed E-state index contributed by atoms with van der Waals surface area (Å²) in [6, 6.07) is 4.86. The van der Waals surface area contributed by atoms with Crippen molar-refractivity contribution >= 4 is 22.7 Å². The van der Waals surface area contributed by atoms with Crippen LogP contribution in [0.5, 0.6) is 5.75 Å². The van der Waals surface area contributed by atoms with Crippen LogP contribution in [0.3, 0.4) is 0 Å². The van der Waals surface area contributed by atoms with Crippen molar-refractivity contribution in [2.45, 2.75) is 0 Å². The Morgan fingerprint density at radius 1 is 1.36 bits per heavy atom. The zero-order valence-electron chi connectivity index (χ0n) is 11.4. The molecule has 22 heavy (non-hydrogen) atoms. The number of nitrogens with one attached hydrogen (secondary N) is 1. The highest BCUT2D eigenvalue weighted by Gasteiger charge is 2.21. The monoisotopic (exact) mass is 302 g/mol. The summed E-state index contributed by atoms with van der Waals surface area (Å²) in [5.41, 5.74) is 5.59. The van der Waals surface area contributed by atoms with Gasteiger partial charge in [-0.3, -0.25) is 0 Å². The number of nitrogen functional groups attached to an aromatic ring is 1. The maximum absolute atomic E-state index is 14.5. The van der Waals surface area contributed by atoms with Crippen LogP contribution in [-0.2, 0) is 0 Å². The third-order valence-electron chi connectivity index (χ3n) is 3.20. The van der Waals surface area contributed by atoms with Gasteiger partial charge in [0.2, 0.25) is 0 Å². The minimum atomic E-state index is -1.34. The van der Waals surface area contributed by atoms with Crippen molar-refractivity contribution in [1.82, 2.24) is 15.0 Å². The molecule has 0 aliphatic rings. The van der Waals surface area contributed by atoms with Crippen LogP contribution in [-0.4, -0.2) is 33.1 Å². The molecule has 0 radical (unpaired) electrons. The summed E-state index contributed by atoms with van der Waals surface area (Å²) in [5.74, 6) is -2.37. The number of nitrogens with two attached hydrogens (primary N) is 1. The van der Waals surface area contributed by atoms with E-state index in [0.717, 1.165) is 0 Å². The molecule has 0 aliphatic heterocycles. The Morgan fingerprint density at radius 2 is 2.14 bits per heavy atom. The Bertz CT molecular complexity index is 891. The van der Waals surface area contributed by atoms with Crippen molar-refractivity contribution < 1.29 is 19.0 Å². The lowest BCUT2D eigenvalue weighted by molar-refractivity contribution is 0.0686. The minimum absolute atomic E-state index is 0.0480. The van der Waals surface area contributed by atoms with Crippen LogP contribution in [0.1, 0.15) is 10.5 Å². The number of aromatic carboxylic acids is 1. The topological polar surface area (TPSA) is 114 Å². The summed E-state index contributed by atoms with van der Waals surface area (Å²) in [4.78, 5) is 21.8. The first kappa shape index (κ1) is 13.8. The molecule has 2 aromatic heterocycles. The maximum atomic E-state index is 14.5. The molecule has 8 heteroatoms. The van der Waals surface area contributed by atoms with E-state index in [-0.39, 0.29) is 28.5 Å². The summed E-state index contributed by atoms with van der Waals surface area (Å²) in [7, 11) is 1.26. The number of carboxylic acids is 1. The van der Waals surface area contributed by atoms with Gasteiger partial charge in [-0.15, -0.1) is 0 Å². The van der Waals surface area contributed by atoms with Gasteiger partial charge in [0.1, 0.15) is 0 Å². The third kappa shape index (κ3) is 2.01. The van der Waals surface area contributed by atoms with E-state index in [9.17, 15) is 14.3 Å². The molecule has 0 bridgehead atoms. The van der Waals surface area contributed by atoms with E-state index in [1.807, 2.05) is 0 Å². The van der Waals surface area contributed by atoms with Crippen molar-refractivity contribution in [3.05, 3.63) is 35.9 Å². The average Bonchev–Trinajstić information content (AvgIpc) is 2.96. The Labute approximate surface area is 123 Å². The Hall–Kier alpha value is -3.16. The molecule has 0 atom stereocenters. The van der Waals surface area contributed by atoms with Crippen LogP contribution in [0.25, 0.3) is 22.3 Å². The summed E-state index contributed by atoms with van der Waals surface area (Å²) in [5, 5.41) is 9.86. The van der Waals surface area contributed by atoms with Crippen molar-refractivity contribution in [3.63, 3.8) is 0 Å². The van der Waals surface area contributed by atoms with Gasteiger partial charge in [-0.1, -0.05) is 6.07 Å². The first-order valence-corrected chi connectivity index (χ1v) is 6.23. The van der Waals surface area contributed by atoms with E-state index in [2.05, 4.69) is 15.0 Å². The Balaban J connectivity index is 2.26. The number of benzene rings is 1. The van der Waals surface area contributed by atoms with Crippen LogP contribution < -0.4 is 10.5 Å². The first-order valence-electron chi connectivity index (χ1n) is 6.23. The smallest absolute Gasteiger partial charge is 0.358 e. The number of methoxy groups -OCH3 is 1. The summed E-state index contributed by atoms with van der Waals surface area (Å²) >= 11 is 0. The van der Waals surface area contributed by atoms with Crippen LogP contribution in [0.4, 0.5) is 10.2 Å².